The summed E-state index contributed by atoms with van der Waals surface area (Å²) in [6.45, 7) is 4.88. The van der Waals surface area contributed by atoms with E-state index in [0.717, 1.165) is 31.9 Å². The summed E-state index contributed by atoms with van der Waals surface area (Å²) in [6.07, 6.45) is 3.57. The lowest BCUT2D eigenvalue weighted by molar-refractivity contribution is -0.130. The predicted molar refractivity (Wildman–Crippen MR) is 68.3 cm³/mol. The average molecular weight is 254 g/mol. The lowest BCUT2D eigenvalue weighted by atomic mass is 10.2. The second-order valence-corrected chi connectivity index (χ2v) is 4.79. The minimum absolute atomic E-state index is 0.0287. The van der Waals surface area contributed by atoms with Gasteiger partial charge in [-0.1, -0.05) is 0 Å². The summed E-state index contributed by atoms with van der Waals surface area (Å²) in [5.41, 5.74) is 1.16. The van der Waals surface area contributed by atoms with Crippen molar-refractivity contribution in [2.75, 3.05) is 31.1 Å². The molecule has 2 rings (SSSR count). The summed E-state index contributed by atoms with van der Waals surface area (Å²) < 4.78 is 0. The number of anilines is 1. The van der Waals surface area contributed by atoms with Crippen molar-refractivity contribution in [3.63, 3.8) is 0 Å². The van der Waals surface area contributed by atoms with Crippen molar-refractivity contribution in [3.8, 4) is 0 Å². The van der Waals surface area contributed by atoms with Gasteiger partial charge in [-0.25, -0.2) is 0 Å². The van der Waals surface area contributed by atoms with Crippen molar-refractivity contribution < 1.29 is 4.79 Å². The van der Waals surface area contributed by atoms with E-state index in [-0.39, 0.29) is 5.91 Å². The van der Waals surface area contributed by atoms with Crippen molar-refractivity contribution in [2.24, 2.45) is 0 Å². The molecule has 1 aromatic heterocycles. The predicted octanol–water partition coefficient (Wildman–Crippen LogP) is 1.36. The first-order chi connectivity index (χ1) is 8.18. The molecule has 1 fully saturated rings. The molecule has 1 atom stereocenters. The number of hydrogen-bond donors (Lipinski definition) is 0. The highest BCUT2D eigenvalue weighted by Crippen LogP contribution is 2.15. The van der Waals surface area contributed by atoms with Gasteiger partial charge in [0.2, 0.25) is 5.91 Å². The number of halogens is 1. The Morgan fingerprint density at radius 2 is 1.88 bits per heavy atom. The molecule has 17 heavy (non-hydrogen) atoms. The third kappa shape index (κ3) is 2.88. The monoisotopic (exact) mass is 253 g/mol. The zero-order chi connectivity index (χ0) is 12.3. The summed E-state index contributed by atoms with van der Waals surface area (Å²) in [5, 5.41) is -0.428. The third-order valence-electron chi connectivity index (χ3n) is 2.96. The molecule has 92 valence electrons. The second kappa shape index (κ2) is 5.36. The quantitative estimate of drug-likeness (QED) is 0.747. The van der Waals surface area contributed by atoms with Gasteiger partial charge in [-0.05, 0) is 19.1 Å². The van der Waals surface area contributed by atoms with Crippen LogP contribution in [0.2, 0.25) is 0 Å². The number of carbonyl (C=O) groups excluding carboxylic acids is 1. The van der Waals surface area contributed by atoms with Gasteiger partial charge in [-0.2, -0.15) is 0 Å². The number of aromatic nitrogens is 1. The molecule has 1 amide bonds. The van der Waals surface area contributed by atoms with E-state index in [2.05, 4.69) is 9.88 Å². The fourth-order valence-corrected chi connectivity index (χ4v) is 2.13. The van der Waals surface area contributed by atoms with E-state index in [0.29, 0.717) is 0 Å². The standard InChI is InChI=1S/C12H16ClN3O/c1-10(13)12(17)16-8-6-15(7-9-16)11-2-4-14-5-3-11/h2-5,10H,6-9H2,1H3. The number of hydrogen-bond acceptors (Lipinski definition) is 3. The summed E-state index contributed by atoms with van der Waals surface area (Å²) in [5.74, 6) is 0.0287. The lowest BCUT2D eigenvalue weighted by Crippen LogP contribution is -2.50. The number of nitrogens with zero attached hydrogens (tertiary/aromatic N) is 3. The topological polar surface area (TPSA) is 36.4 Å². The van der Waals surface area contributed by atoms with Crippen LogP contribution >= 0.6 is 11.6 Å². The first-order valence-corrected chi connectivity index (χ1v) is 6.20. The van der Waals surface area contributed by atoms with Gasteiger partial charge in [0, 0.05) is 44.3 Å². The molecule has 0 saturated carbocycles. The van der Waals surface area contributed by atoms with Crippen LogP contribution in [0, 0.1) is 0 Å². The van der Waals surface area contributed by atoms with Gasteiger partial charge in [0.25, 0.3) is 0 Å². The van der Waals surface area contributed by atoms with Crippen LogP contribution in [-0.4, -0.2) is 47.3 Å². The number of piperazine rings is 1. The van der Waals surface area contributed by atoms with Crippen molar-refractivity contribution in [2.45, 2.75) is 12.3 Å². The van der Waals surface area contributed by atoms with E-state index in [1.807, 2.05) is 17.0 Å². The minimum atomic E-state index is -0.428. The van der Waals surface area contributed by atoms with Crippen LogP contribution in [0.1, 0.15) is 6.92 Å². The molecule has 0 spiro atoms. The van der Waals surface area contributed by atoms with Gasteiger partial charge in [0.15, 0.2) is 0 Å². The maximum absolute atomic E-state index is 11.7. The molecule has 0 aromatic carbocycles. The summed E-state index contributed by atoms with van der Waals surface area (Å²) in [6, 6.07) is 3.98. The van der Waals surface area contributed by atoms with Crippen molar-refractivity contribution in [1.29, 1.82) is 0 Å². The SMILES string of the molecule is CC(Cl)C(=O)N1CCN(c2ccncc2)CC1. The van der Waals surface area contributed by atoms with Gasteiger partial charge in [0.05, 0.1) is 0 Å². The van der Waals surface area contributed by atoms with Crippen LogP contribution in [0.5, 0.6) is 0 Å². The highest BCUT2D eigenvalue weighted by Gasteiger charge is 2.23. The van der Waals surface area contributed by atoms with Crippen LogP contribution in [-0.2, 0) is 4.79 Å². The van der Waals surface area contributed by atoms with Crippen molar-refractivity contribution in [1.82, 2.24) is 9.88 Å². The summed E-state index contributed by atoms with van der Waals surface area (Å²) in [4.78, 5) is 19.8. The van der Waals surface area contributed by atoms with Gasteiger partial charge < -0.3 is 9.80 Å². The number of rotatable bonds is 2. The second-order valence-electron chi connectivity index (χ2n) is 4.13. The third-order valence-corrected chi connectivity index (χ3v) is 3.15. The smallest absolute Gasteiger partial charge is 0.240 e. The minimum Gasteiger partial charge on any atom is -0.368 e. The molecule has 0 radical (unpaired) electrons. The van der Waals surface area contributed by atoms with E-state index >= 15 is 0 Å². The van der Waals surface area contributed by atoms with Crippen molar-refractivity contribution >= 4 is 23.2 Å². The number of amides is 1. The fraction of sp³-hybridized carbons (Fsp3) is 0.500. The fourth-order valence-electron chi connectivity index (χ4n) is 1.99. The molecule has 1 aromatic rings. The number of pyridine rings is 1. The van der Waals surface area contributed by atoms with Gasteiger partial charge in [-0.3, -0.25) is 9.78 Å². The van der Waals surface area contributed by atoms with E-state index in [1.54, 1.807) is 19.3 Å². The van der Waals surface area contributed by atoms with Gasteiger partial charge in [0.1, 0.15) is 5.38 Å². The average Bonchev–Trinajstić information content (AvgIpc) is 2.39. The largest absolute Gasteiger partial charge is 0.368 e. The Labute approximate surface area is 106 Å². The van der Waals surface area contributed by atoms with Gasteiger partial charge >= 0.3 is 0 Å². The van der Waals surface area contributed by atoms with E-state index in [1.165, 1.54) is 0 Å². The molecule has 1 aliphatic heterocycles. The first-order valence-electron chi connectivity index (χ1n) is 5.76. The normalized spacial score (nSPS) is 18.0. The Kier molecular flexibility index (Phi) is 3.84. The zero-order valence-electron chi connectivity index (χ0n) is 9.84. The molecular formula is C12H16ClN3O. The Morgan fingerprint density at radius 1 is 1.29 bits per heavy atom. The Hall–Kier alpha value is -1.29. The van der Waals surface area contributed by atoms with E-state index < -0.39 is 5.38 Å². The molecule has 0 bridgehead atoms. The van der Waals surface area contributed by atoms with Crippen LogP contribution in [0.25, 0.3) is 0 Å². The molecular weight excluding hydrogens is 238 g/mol. The lowest BCUT2D eigenvalue weighted by Gasteiger charge is -2.36. The molecule has 1 aliphatic rings. The Bertz CT molecular complexity index is 375. The van der Waals surface area contributed by atoms with Crippen LogP contribution in [0.15, 0.2) is 24.5 Å². The van der Waals surface area contributed by atoms with Crippen molar-refractivity contribution in [3.05, 3.63) is 24.5 Å². The van der Waals surface area contributed by atoms with E-state index in [4.69, 9.17) is 11.6 Å². The summed E-state index contributed by atoms with van der Waals surface area (Å²) in [7, 11) is 0. The molecule has 1 saturated heterocycles. The zero-order valence-corrected chi connectivity index (χ0v) is 10.6. The summed E-state index contributed by atoms with van der Waals surface area (Å²) >= 11 is 5.80. The molecule has 2 heterocycles. The molecule has 5 heteroatoms. The Balaban J connectivity index is 1.93. The number of carbonyl (C=O) groups is 1. The van der Waals surface area contributed by atoms with E-state index in [9.17, 15) is 4.79 Å². The Morgan fingerprint density at radius 3 is 2.41 bits per heavy atom. The van der Waals surface area contributed by atoms with Gasteiger partial charge in [-0.15, -0.1) is 11.6 Å². The molecule has 0 aliphatic carbocycles. The molecule has 1 unspecified atom stereocenters. The molecule has 4 nitrogen and oxygen atoms in total. The van der Waals surface area contributed by atoms with Crippen LogP contribution in [0.4, 0.5) is 5.69 Å². The highest BCUT2D eigenvalue weighted by molar-refractivity contribution is 6.30. The molecule has 0 N–H and O–H groups in total. The maximum Gasteiger partial charge on any atom is 0.240 e. The van der Waals surface area contributed by atoms with Crippen LogP contribution < -0.4 is 4.90 Å². The van der Waals surface area contributed by atoms with Crippen LogP contribution in [0.3, 0.4) is 0 Å². The maximum atomic E-state index is 11.7. The highest BCUT2D eigenvalue weighted by atomic mass is 35.5. The number of alkyl halides is 1. The first kappa shape index (κ1) is 12.2.